The molecule has 1 heterocycles. The van der Waals surface area contributed by atoms with E-state index in [4.69, 9.17) is 0 Å². The summed E-state index contributed by atoms with van der Waals surface area (Å²) in [6.07, 6.45) is 11.5. The monoisotopic (exact) mass is 501 g/mol. The Balaban J connectivity index is 0.00000320. The number of aryl methyl sites for hydroxylation is 1. The molecule has 0 bridgehead atoms. The number of thiophene rings is 1. The van der Waals surface area contributed by atoms with Crippen LogP contribution >= 0.6 is 11.3 Å². The van der Waals surface area contributed by atoms with Crippen molar-refractivity contribution >= 4 is 22.6 Å². The fourth-order valence-corrected chi connectivity index (χ4v) is 4.92. The number of hydrogen-bond donors (Lipinski definition) is 1. The van der Waals surface area contributed by atoms with Crippen LogP contribution in [0.4, 0.5) is 5.69 Å². The van der Waals surface area contributed by atoms with E-state index in [2.05, 4.69) is 42.6 Å². The number of aliphatic hydroxyl groups is 1. The summed E-state index contributed by atoms with van der Waals surface area (Å²) in [5, 5.41) is 23.9. The first kappa shape index (κ1) is 25.4. The number of rotatable bonds is 11. The number of nitrogens with zero attached hydrogens (tertiary/aromatic N) is 1. The number of benzene rings is 1. The fraction of sp³-hybridized carbons (Fsp3) is 0.500. The van der Waals surface area contributed by atoms with Gasteiger partial charge in [0.1, 0.15) is 0 Å². The molecule has 1 N–H and O–H groups in total. The maximum absolute atomic E-state index is 10.8. The van der Waals surface area contributed by atoms with E-state index in [0.29, 0.717) is 5.92 Å². The largest absolute Gasteiger partial charge is 0.388 e. The van der Waals surface area contributed by atoms with Gasteiger partial charge in [-0.15, -0.1) is 10.9 Å². The molecule has 4 nitrogen and oxygen atoms in total. The van der Waals surface area contributed by atoms with Crippen LogP contribution in [0.2, 0.25) is 0 Å². The first-order valence-corrected chi connectivity index (χ1v) is 11.5. The van der Waals surface area contributed by atoms with Crippen LogP contribution < -0.4 is 0 Å². The molecule has 0 spiro atoms. The maximum Gasteiger partial charge on any atom is 0.163 e. The number of unbranched alkanes of at least 4 members (excludes halogenated alkanes) is 2. The van der Waals surface area contributed by atoms with Gasteiger partial charge in [-0.05, 0) is 53.7 Å². The maximum atomic E-state index is 10.8. The second-order valence-corrected chi connectivity index (χ2v) is 8.85. The van der Waals surface area contributed by atoms with Gasteiger partial charge in [-0.25, -0.2) is 0 Å². The normalized spacial score (nSPS) is 16.7. The van der Waals surface area contributed by atoms with E-state index < -0.39 is 0 Å². The van der Waals surface area contributed by atoms with Crippen LogP contribution in [0.15, 0.2) is 36.4 Å². The summed E-state index contributed by atoms with van der Waals surface area (Å²) in [6.45, 7) is 2.18. The van der Waals surface area contributed by atoms with Gasteiger partial charge in [0.05, 0.1) is 6.10 Å². The predicted molar refractivity (Wildman–Crippen MR) is 119 cm³/mol. The minimum atomic E-state index is -0.373. The Morgan fingerprint density at radius 2 is 2.03 bits per heavy atom. The Morgan fingerprint density at radius 1 is 1.27 bits per heavy atom. The van der Waals surface area contributed by atoms with E-state index in [-0.39, 0.29) is 49.4 Å². The van der Waals surface area contributed by atoms with E-state index >= 15 is 0 Å². The molecule has 159 valence electrons. The third-order valence-corrected chi connectivity index (χ3v) is 6.68. The van der Waals surface area contributed by atoms with Crippen molar-refractivity contribution in [2.45, 2.75) is 70.8 Å². The van der Waals surface area contributed by atoms with Crippen molar-refractivity contribution in [3.05, 3.63) is 67.9 Å². The van der Waals surface area contributed by atoms with Crippen LogP contribution in [0.3, 0.4) is 0 Å². The van der Waals surface area contributed by atoms with Crippen molar-refractivity contribution in [1.82, 2.24) is 0 Å². The third-order valence-electron chi connectivity index (χ3n) is 5.79. The first-order valence-electron chi connectivity index (χ1n) is 10.7. The van der Waals surface area contributed by atoms with E-state index in [0.717, 1.165) is 49.0 Å². The molecular formula is C24H30NO3SY-. The van der Waals surface area contributed by atoms with E-state index in [9.17, 15) is 15.2 Å². The Bertz CT molecular complexity index is 831. The second-order valence-electron chi connectivity index (χ2n) is 7.92. The number of allylic oxidation sites excluding steroid dienone is 2. The van der Waals surface area contributed by atoms with Gasteiger partial charge in [0.2, 0.25) is 0 Å². The molecule has 1 aliphatic carbocycles. The molecule has 6 heteroatoms. The van der Waals surface area contributed by atoms with Gasteiger partial charge in [0.25, 0.3) is 0 Å². The molecule has 0 saturated carbocycles. The Hall–Kier alpha value is -0.876. The summed E-state index contributed by atoms with van der Waals surface area (Å²) >= 11 is 1.36. The molecular weight excluding hydrogens is 471 g/mol. The zero-order valence-electron chi connectivity index (χ0n) is 17.7. The number of hydrogen-bond acceptors (Lipinski definition) is 4. The first-order chi connectivity index (χ1) is 14.1. The smallest absolute Gasteiger partial charge is 0.163 e. The summed E-state index contributed by atoms with van der Waals surface area (Å²) in [5.74, 6) is 0.550. The zero-order chi connectivity index (χ0) is 20.6. The molecule has 0 amide bonds. The summed E-state index contributed by atoms with van der Waals surface area (Å²) < 4.78 is 0. The van der Waals surface area contributed by atoms with Gasteiger partial charge in [0.15, 0.2) is 5.69 Å². The molecule has 1 aromatic carbocycles. The van der Waals surface area contributed by atoms with Crippen LogP contribution in [0.1, 0.15) is 80.4 Å². The molecule has 2 aromatic rings. The summed E-state index contributed by atoms with van der Waals surface area (Å²) in [4.78, 5) is 11.5. The van der Waals surface area contributed by atoms with Crippen molar-refractivity contribution in [1.29, 1.82) is 0 Å². The Morgan fingerprint density at radius 3 is 2.70 bits per heavy atom. The van der Waals surface area contributed by atoms with Crippen molar-refractivity contribution < 1.29 is 42.7 Å². The molecule has 1 radical (unpaired) electrons. The van der Waals surface area contributed by atoms with Crippen LogP contribution in [0.25, 0.3) is 5.57 Å². The summed E-state index contributed by atoms with van der Waals surface area (Å²) in [5.41, 5.74) is 3.77. The molecule has 0 saturated heterocycles. The van der Waals surface area contributed by atoms with E-state index in [1.807, 2.05) is 0 Å². The molecule has 1 unspecified atom stereocenters. The average Bonchev–Trinajstić information content (AvgIpc) is 3.38. The fourth-order valence-electron chi connectivity index (χ4n) is 4.13. The Kier molecular flexibility index (Phi) is 10.9. The van der Waals surface area contributed by atoms with Crippen molar-refractivity contribution in [2.24, 2.45) is 5.92 Å². The third kappa shape index (κ3) is 7.08. The van der Waals surface area contributed by atoms with Gasteiger partial charge in [-0.3, -0.25) is 21.5 Å². The standard InChI is InChI=1S/C24H30NO3S.Y/c1-2-3-4-11-24(26)20-14-12-19(13-15-20)23-10-6-8-18(23)7-5-9-22-16-21(17-29-22)25(27)28;/h10,12-16,18,24,26H,2-9,11H2,1H3;/q-1;/t18-,24?;/m0./s1. The minimum absolute atomic E-state index is 0. The van der Waals surface area contributed by atoms with Crippen molar-refractivity contribution in [3.63, 3.8) is 0 Å². The molecule has 1 aliphatic rings. The number of aliphatic hydroxyl groups excluding tert-OH is 1. The zero-order valence-corrected chi connectivity index (χ0v) is 21.3. The van der Waals surface area contributed by atoms with Gasteiger partial charge in [0, 0.05) is 37.6 Å². The van der Waals surface area contributed by atoms with Crippen molar-refractivity contribution in [3.8, 4) is 0 Å². The topological polar surface area (TPSA) is 63.4 Å². The molecule has 1 aromatic heterocycles. The average molecular weight is 501 g/mol. The van der Waals surface area contributed by atoms with Crippen LogP contribution in [-0.4, -0.2) is 10.0 Å². The second kappa shape index (κ2) is 12.9. The summed E-state index contributed by atoms with van der Waals surface area (Å²) in [7, 11) is 0. The minimum Gasteiger partial charge on any atom is -0.388 e. The number of nitro groups is 1. The van der Waals surface area contributed by atoms with Crippen LogP contribution in [0, 0.1) is 21.4 Å². The molecule has 0 fully saturated rings. The molecule has 30 heavy (non-hydrogen) atoms. The molecule has 3 rings (SSSR count). The predicted octanol–water partition coefficient (Wildman–Crippen LogP) is 6.88. The Labute approximate surface area is 208 Å². The van der Waals surface area contributed by atoms with Crippen LogP contribution in [0.5, 0.6) is 0 Å². The quantitative estimate of drug-likeness (QED) is 0.158. The van der Waals surface area contributed by atoms with Crippen LogP contribution in [-0.2, 0) is 39.1 Å². The van der Waals surface area contributed by atoms with Gasteiger partial charge in [-0.1, -0.05) is 69.4 Å². The van der Waals surface area contributed by atoms with Gasteiger partial charge >= 0.3 is 0 Å². The van der Waals surface area contributed by atoms with E-state index in [1.165, 1.54) is 41.7 Å². The van der Waals surface area contributed by atoms with Gasteiger partial charge < -0.3 is 5.11 Å². The van der Waals surface area contributed by atoms with Gasteiger partial charge in [-0.2, -0.15) is 0 Å². The molecule has 0 aliphatic heterocycles. The van der Waals surface area contributed by atoms with E-state index in [1.54, 1.807) is 6.07 Å². The summed E-state index contributed by atoms with van der Waals surface area (Å²) in [6, 6.07) is 10.1. The van der Waals surface area contributed by atoms with Crippen molar-refractivity contribution in [2.75, 3.05) is 0 Å². The SMILES string of the molecule is CCCCCC(O)c1ccc(C2=CCC[C@@H]2CCCc2cc([N+](=O)[O-])[c-]s2)cc1.[Y]. The molecule has 2 atom stereocenters.